The van der Waals surface area contributed by atoms with Crippen LogP contribution in [0.15, 0.2) is 54.4 Å². The van der Waals surface area contributed by atoms with Gasteiger partial charge in [0.15, 0.2) is 0 Å². The number of nitrogens with one attached hydrogen (secondary N) is 2. The molecule has 2 N–H and O–H groups in total. The van der Waals surface area contributed by atoms with Crippen molar-refractivity contribution in [2.24, 2.45) is 0 Å². The van der Waals surface area contributed by atoms with Gasteiger partial charge in [0.1, 0.15) is 5.82 Å². The van der Waals surface area contributed by atoms with Gasteiger partial charge in [0.05, 0.1) is 17.4 Å². The van der Waals surface area contributed by atoms with E-state index in [0.29, 0.717) is 17.8 Å². The first kappa shape index (κ1) is 17.1. The average Bonchev–Trinajstić information content (AvgIpc) is 2.65. The van der Waals surface area contributed by atoms with Crippen LogP contribution in [0.4, 0.5) is 15.8 Å². The summed E-state index contributed by atoms with van der Waals surface area (Å²) in [5, 5.41) is 6.06. The Bertz CT molecular complexity index is 756. The highest BCUT2D eigenvalue weighted by atomic mass is 19.1. The number of hydrogen-bond acceptors (Lipinski definition) is 3. The minimum atomic E-state index is -0.287. The topological polar surface area (TPSA) is 54.0 Å². The van der Waals surface area contributed by atoms with Crippen molar-refractivity contribution in [3.63, 3.8) is 0 Å². The van der Waals surface area contributed by atoms with Crippen LogP contribution in [0.5, 0.6) is 0 Å². The highest BCUT2D eigenvalue weighted by Gasteiger charge is 2.08. The van der Waals surface area contributed by atoms with Gasteiger partial charge in [-0.05, 0) is 62.4 Å². The van der Waals surface area contributed by atoms with Gasteiger partial charge in [-0.1, -0.05) is 11.6 Å². The largest absolute Gasteiger partial charge is 0.354 e. The molecule has 0 saturated heterocycles. The van der Waals surface area contributed by atoms with Crippen molar-refractivity contribution in [3.05, 3.63) is 65.8 Å². The molecule has 1 aliphatic carbocycles. The predicted molar refractivity (Wildman–Crippen MR) is 97.4 cm³/mol. The molecule has 0 unspecified atom stereocenters. The van der Waals surface area contributed by atoms with Crippen LogP contribution in [-0.2, 0) is 0 Å². The van der Waals surface area contributed by atoms with Crippen LogP contribution in [-0.4, -0.2) is 17.4 Å². The van der Waals surface area contributed by atoms with Crippen molar-refractivity contribution < 1.29 is 9.18 Å². The third-order valence-corrected chi connectivity index (χ3v) is 4.25. The van der Waals surface area contributed by atoms with Gasteiger partial charge >= 0.3 is 0 Å². The molecule has 4 nitrogen and oxygen atoms in total. The van der Waals surface area contributed by atoms with Gasteiger partial charge in [0.25, 0.3) is 5.91 Å². The van der Waals surface area contributed by atoms with Crippen LogP contribution in [0.2, 0.25) is 0 Å². The lowest BCUT2D eigenvalue weighted by Gasteiger charge is -2.13. The SMILES string of the molecule is O=C(NCCC1=CCCCC1)c1cncc(Nc2ccc(F)cc2)c1. The molecule has 0 aliphatic heterocycles. The Hall–Kier alpha value is -2.69. The third-order valence-electron chi connectivity index (χ3n) is 4.25. The van der Waals surface area contributed by atoms with E-state index in [4.69, 9.17) is 0 Å². The van der Waals surface area contributed by atoms with Gasteiger partial charge in [-0.15, -0.1) is 0 Å². The van der Waals surface area contributed by atoms with Crippen LogP contribution >= 0.6 is 0 Å². The molecule has 5 heteroatoms. The van der Waals surface area contributed by atoms with Crippen molar-refractivity contribution >= 4 is 17.3 Å². The van der Waals surface area contributed by atoms with E-state index in [1.54, 1.807) is 30.6 Å². The standard InChI is InChI=1S/C20H22FN3O/c21-17-6-8-18(9-7-17)24-19-12-16(13-22-14-19)20(25)23-11-10-15-4-2-1-3-5-15/h4,6-9,12-14,24H,1-3,5,10-11H2,(H,23,25). The van der Waals surface area contributed by atoms with Crippen LogP contribution in [0, 0.1) is 5.82 Å². The highest BCUT2D eigenvalue weighted by Crippen LogP contribution is 2.20. The number of pyridine rings is 1. The molecule has 0 spiro atoms. The molecular weight excluding hydrogens is 317 g/mol. The van der Waals surface area contributed by atoms with Crippen molar-refractivity contribution in [2.45, 2.75) is 32.1 Å². The minimum Gasteiger partial charge on any atom is -0.354 e. The van der Waals surface area contributed by atoms with E-state index in [1.807, 2.05) is 0 Å². The van der Waals surface area contributed by atoms with E-state index in [9.17, 15) is 9.18 Å². The molecule has 0 radical (unpaired) electrons. The summed E-state index contributed by atoms with van der Waals surface area (Å²) in [6.07, 6.45) is 11.2. The number of carbonyl (C=O) groups excluding carboxylic acids is 1. The number of carbonyl (C=O) groups is 1. The molecule has 0 atom stereocenters. The number of hydrogen-bond donors (Lipinski definition) is 2. The van der Waals surface area contributed by atoms with Crippen molar-refractivity contribution in [2.75, 3.05) is 11.9 Å². The lowest BCUT2D eigenvalue weighted by molar-refractivity contribution is 0.0953. The maximum absolute atomic E-state index is 13.0. The smallest absolute Gasteiger partial charge is 0.252 e. The average molecular weight is 339 g/mol. The molecule has 25 heavy (non-hydrogen) atoms. The Morgan fingerprint density at radius 1 is 1.12 bits per heavy atom. The second-order valence-electron chi connectivity index (χ2n) is 6.21. The number of nitrogens with zero attached hydrogens (tertiary/aromatic N) is 1. The molecule has 0 fully saturated rings. The Morgan fingerprint density at radius 2 is 1.96 bits per heavy atom. The summed E-state index contributed by atoms with van der Waals surface area (Å²) in [7, 11) is 0. The fourth-order valence-electron chi connectivity index (χ4n) is 2.90. The second kappa shape index (κ2) is 8.42. The van der Waals surface area contributed by atoms with Crippen LogP contribution in [0.25, 0.3) is 0 Å². The van der Waals surface area contributed by atoms with Crippen molar-refractivity contribution in [1.29, 1.82) is 0 Å². The van der Waals surface area contributed by atoms with Gasteiger partial charge in [-0.2, -0.15) is 0 Å². The molecule has 2 aromatic rings. The van der Waals surface area contributed by atoms with Crippen LogP contribution in [0.1, 0.15) is 42.5 Å². The first-order valence-corrected chi connectivity index (χ1v) is 8.64. The molecule has 3 rings (SSSR count). The fraction of sp³-hybridized carbons (Fsp3) is 0.300. The number of allylic oxidation sites excluding steroid dienone is 1. The number of rotatable bonds is 6. The lowest BCUT2D eigenvalue weighted by Crippen LogP contribution is -2.25. The second-order valence-corrected chi connectivity index (χ2v) is 6.21. The molecule has 130 valence electrons. The predicted octanol–water partition coefficient (Wildman–Crippen LogP) is 4.58. The van der Waals surface area contributed by atoms with Crippen molar-refractivity contribution in [1.82, 2.24) is 10.3 Å². The maximum atomic E-state index is 13.0. The Balaban J connectivity index is 1.55. The maximum Gasteiger partial charge on any atom is 0.252 e. The zero-order chi connectivity index (χ0) is 17.5. The molecule has 1 aromatic carbocycles. The summed E-state index contributed by atoms with van der Waals surface area (Å²) in [6.45, 7) is 0.639. The van der Waals surface area contributed by atoms with E-state index in [2.05, 4.69) is 21.7 Å². The normalized spacial score (nSPS) is 13.9. The van der Waals surface area contributed by atoms with E-state index in [0.717, 1.165) is 24.9 Å². The molecule has 1 aliphatic rings. The summed E-state index contributed by atoms with van der Waals surface area (Å²) in [5.41, 5.74) is 3.38. The van der Waals surface area contributed by atoms with Gasteiger partial charge < -0.3 is 10.6 Å². The highest BCUT2D eigenvalue weighted by molar-refractivity contribution is 5.94. The summed E-state index contributed by atoms with van der Waals surface area (Å²) in [6, 6.07) is 7.78. The number of halogens is 1. The third kappa shape index (κ3) is 5.14. The Kier molecular flexibility index (Phi) is 5.77. The molecule has 0 bridgehead atoms. The van der Waals surface area contributed by atoms with E-state index in [1.165, 1.54) is 30.5 Å². The van der Waals surface area contributed by atoms with E-state index < -0.39 is 0 Å². The molecule has 1 amide bonds. The first-order valence-electron chi connectivity index (χ1n) is 8.64. The van der Waals surface area contributed by atoms with E-state index >= 15 is 0 Å². The van der Waals surface area contributed by atoms with Crippen LogP contribution < -0.4 is 10.6 Å². The van der Waals surface area contributed by atoms with Gasteiger partial charge in [0.2, 0.25) is 0 Å². The Morgan fingerprint density at radius 3 is 2.72 bits per heavy atom. The number of amides is 1. The van der Waals surface area contributed by atoms with Crippen LogP contribution in [0.3, 0.4) is 0 Å². The molecule has 0 saturated carbocycles. The van der Waals surface area contributed by atoms with Crippen molar-refractivity contribution in [3.8, 4) is 0 Å². The molecule has 1 aromatic heterocycles. The van der Waals surface area contributed by atoms with Gasteiger partial charge in [0, 0.05) is 18.4 Å². The number of aromatic nitrogens is 1. The van der Waals surface area contributed by atoms with E-state index in [-0.39, 0.29) is 11.7 Å². The first-order chi connectivity index (χ1) is 12.2. The van der Waals surface area contributed by atoms with Gasteiger partial charge in [-0.3, -0.25) is 9.78 Å². The molecule has 1 heterocycles. The summed E-state index contributed by atoms with van der Waals surface area (Å²) in [5.74, 6) is -0.420. The monoisotopic (exact) mass is 339 g/mol. The zero-order valence-electron chi connectivity index (χ0n) is 14.1. The fourth-order valence-corrected chi connectivity index (χ4v) is 2.90. The quantitative estimate of drug-likeness (QED) is 0.757. The molecular formula is C20H22FN3O. The zero-order valence-corrected chi connectivity index (χ0v) is 14.1. The number of anilines is 2. The summed E-state index contributed by atoms with van der Waals surface area (Å²) in [4.78, 5) is 16.4. The summed E-state index contributed by atoms with van der Waals surface area (Å²) >= 11 is 0. The van der Waals surface area contributed by atoms with Gasteiger partial charge in [-0.25, -0.2) is 4.39 Å². The summed E-state index contributed by atoms with van der Waals surface area (Å²) < 4.78 is 13.0. The minimum absolute atomic E-state index is 0.133. The number of benzene rings is 1. The Labute approximate surface area is 147 Å². The lowest BCUT2D eigenvalue weighted by atomic mass is 9.97.